The lowest BCUT2D eigenvalue weighted by molar-refractivity contribution is -0.118. The Balaban J connectivity index is 1.55. The molecule has 0 spiro atoms. The molecule has 0 heterocycles. The molecule has 2 N–H and O–H groups in total. The molecule has 8 heteroatoms. The largest absolute Gasteiger partial charge is 0.484 e. The second-order valence-corrected chi connectivity index (χ2v) is 8.78. The van der Waals surface area contributed by atoms with Gasteiger partial charge in [0.05, 0.1) is 4.90 Å². The van der Waals surface area contributed by atoms with Crippen molar-refractivity contribution in [3.8, 4) is 5.75 Å². The summed E-state index contributed by atoms with van der Waals surface area (Å²) in [5.41, 5.74) is 2.36. The number of aryl methyl sites for hydroxylation is 1. The number of benzene rings is 3. The van der Waals surface area contributed by atoms with Gasteiger partial charge in [-0.3, -0.25) is 4.79 Å². The minimum absolute atomic E-state index is 0.116. The Morgan fingerprint density at radius 1 is 1.00 bits per heavy atom. The minimum atomic E-state index is -3.65. The van der Waals surface area contributed by atoms with E-state index in [1.165, 1.54) is 24.3 Å². The van der Waals surface area contributed by atoms with E-state index in [1.54, 1.807) is 12.1 Å². The number of carbonyl (C=O) groups excluding carboxylic acids is 1. The zero-order valence-electron chi connectivity index (χ0n) is 16.3. The van der Waals surface area contributed by atoms with Crippen molar-refractivity contribution in [3.05, 3.63) is 88.9 Å². The zero-order valence-corrected chi connectivity index (χ0v) is 17.8. The average molecular weight is 445 g/mol. The van der Waals surface area contributed by atoms with E-state index in [4.69, 9.17) is 16.3 Å². The predicted molar refractivity (Wildman–Crippen MR) is 117 cm³/mol. The molecule has 0 aliphatic rings. The summed E-state index contributed by atoms with van der Waals surface area (Å²) in [7, 11) is -3.65. The molecule has 0 aliphatic heterocycles. The van der Waals surface area contributed by atoms with Gasteiger partial charge < -0.3 is 10.1 Å². The van der Waals surface area contributed by atoms with Gasteiger partial charge in [-0.1, -0.05) is 48.0 Å². The Morgan fingerprint density at radius 2 is 1.70 bits per heavy atom. The van der Waals surface area contributed by atoms with Crippen molar-refractivity contribution < 1.29 is 17.9 Å². The van der Waals surface area contributed by atoms with Crippen molar-refractivity contribution in [3.63, 3.8) is 0 Å². The van der Waals surface area contributed by atoms with Gasteiger partial charge in [-0.25, -0.2) is 13.1 Å². The predicted octanol–water partition coefficient (Wildman–Crippen LogP) is 4.14. The molecule has 3 aromatic carbocycles. The van der Waals surface area contributed by atoms with Crippen molar-refractivity contribution in [2.24, 2.45) is 0 Å². The number of amides is 1. The maximum atomic E-state index is 12.4. The Labute approximate surface area is 180 Å². The van der Waals surface area contributed by atoms with E-state index in [0.29, 0.717) is 16.5 Å². The molecule has 0 bridgehead atoms. The van der Waals surface area contributed by atoms with Crippen LogP contribution in [0.25, 0.3) is 0 Å². The Kier molecular flexibility index (Phi) is 7.10. The third-order valence-electron chi connectivity index (χ3n) is 4.29. The molecule has 3 aromatic rings. The molecule has 0 atom stereocenters. The topological polar surface area (TPSA) is 84.5 Å². The highest BCUT2D eigenvalue weighted by molar-refractivity contribution is 7.89. The second kappa shape index (κ2) is 9.75. The minimum Gasteiger partial charge on any atom is -0.484 e. The van der Waals surface area contributed by atoms with Crippen LogP contribution in [0.5, 0.6) is 5.75 Å². The van der Waals surface area contributed by atoms with Crippen molar-refractivity contribution >= 4 is 33.2 Å². The lowest BCUT2D eigenvalue weighted by Crippen LogP contribution is -2.23. The van der Waals surface area contributed by atoms with Crippen LogP contribution in [0.1, 0.15) is 11.1 Å². The summed E-state index contributed by atoms with van der Waals surface area (Å²) in [6.07, 6.45) is 0. The zero-order chi connectivity index (χ0) is 21.6. The molecule has 0 saturated heterocycles. The summed E-state index contributed by atoms with van der Waals surface area (Å²) >= 11 is 5.95. The van der Waals surface area contributed by atoms with Crippen LogP contribution in [0, 0.1) is 6.92 Å². The third kappa shape index (κ3) is 6.06. The number of ether oxygens (including phenoxy) is 1. The van der Waals surface area contributed by atoms with Crippen LogP contribution in [0.2, 0.25) is 5.02 Å². The molecular formula is C22H21ClN2O4S. The monoisotopic (exact) mass is 444 g/mol. The summed E-state index contributed by atoms with van der Waals surface area (Å²) < 4.78 is 32.8. The van der Waals surface area contributed by atoms with Gasteiger partial charge in [0.2, 0.25) is 10.0 Å². The Morgan fingerprint density at radius 3 is 2.40 bits per heavy atom. The first-order chi connectivity index (χ1) is 14.3. The van der Waals surface area contributed by atoms with Gasteiger partial charge in [-0.2, -0.15) is 0 Å². The molecule has 6 nitrogen and oxygen atoms in total. The highest BCUT2D eigenvalue weighted by atomic mass is 35.5. The van der Waals surface area contributed by atoms with E-state index in [-0.39, 0.29) is 24.0 Å². The molecule has 30 heavy (non-hydrogen) atoms. The Bertz CT molecular complexity index is 1120. The van der Waals surface area contributed by atoms with Gasteiger partial charge in [0.1, 0.15) is 5.75 Å². The quantitative estimate of drug-likeness (QED) is 0.546. The molecule has 1 amide bonds. The average Bonchev–Trinajstić information content (AvgIpc) is 2.74. The molecule has 0 aromatic heterocycles. The molecule has 3 rings (SSSR count). The van der Waals surface area contributed by atoms with Gasteiger partial charge in [0.15, 0.2) is 6.61 Å². The van der Waals surface area contributed by atoms with Crippen LogP contribution in [0.15, 0.2) is 77.7 Å². The molecule has 0 saturated carbocycles. The molecule has 0 radical (unpaired) electrons. The van der Waals surface area contributed by atoms with Crippen LogP contribution < -0.4 is 14.8 Å². The Hall–Kier alpha value is -2.87. The standard InChI is InChI=1S/C22H21ClN2O4S/c1-16-7-8-18(23)13-21(16)25-22(26)15-29-19-9-11-20(12-10-19)30(27,28)24-14-17-5-3-2-4-6-17/h2-13,24H,14-15H2,1H3,(H,25,26). The fourth-order valence-corrected chi connectivity index (χ4v) is 3.83. The first kappa shape index (κ1) is 21.8. The van der Waals surface area contributed by atoms with Gasteiger partial charge in [0, 0.05) is 17.3 Å². The molecule has 0 unspecified atom stereocenters. The maximum absolute atomic E-state index is 12.4. The fraction of sp³-hybridized carbons (Fsp3) is 0.136. The normalized spacial score (nSPS) is 11.1. The maximum Gasteiger partial charge on any atom is 0.262 e. The van der Waals surface area contributed by atoms with Crippen LogP contribution in [-0.2, 0) is 21.4 Å². The van der Waals surface area contributed by atoms with Crippen molar-refractivity contribution in [1.29, 1.82) is 0 Å². The lowest BCUT2D eigenvalue weighted by Gasteiger charge is -2.11. The summed E-state index contributed by atoms with van der Waals surface area (Å²) in [4.78, 5) is 12.2. The van der Waals surface area contributed by atoms with Crippen LogP contribution >= 0.6 is 11.6 Å². The van der Waals surface area contributed by atoms with Gasteiger partial charge >= 0.3 is 0 Å². The number of anilines is 1. The van der Waals surface area contributed by atoms with E-state index in [2.05, 4.69) is 10.0 Å². The second-order valence-electron chi connectivity index (χ2n) is 6.58. The van der Waals surface area contributed by atoms with Gasteiger partial charge in [-0.15, -0.1) is 0 Å². The summed E-state index contributed by atoms with van der Waals surface area (Å²) in [5.74, 6) is 0.0385. The van der Waals surface area contributed by atoms with Gasteiger partial charge in [-0.05, 0) is 54.4 Å². The first-order valence-corrected chi connectivity index (χ1v) is 11.0. The highest BCUT2D eigenvalue weighted by Crippen LogP contribution is 2.20. The molecular weight excluding hydrogens is 424 g/mol. The molecule has 0 fully saturated rings. The smallest absolute Gasteiger partial charge is 0.262 e. The number of hydrogen-bond acceptors (Lipinski definition) is 4. The summed E-state index contributed by atoms with van der Waals surface area (Å²) in [5, 5.41) is 3.26. The third-order valence-corrected chi connectivity index (χ3v) is 5.94. The van der Waals surface area contributed by atoms with E-state index in [1.807, 2.05) is 43.3 Å². The number of carbonyl (C=O) groups is 1. The SMILES string of the molecule is Cc1ccc(Cl)cc1NC(=O)COc1ccc(S(=O)(=O)NCc2ccccc2)cc1. The number of halogens is 1. The van der Waals surface area contributed by atoms with Crippen LogP contribution in [-0.4, -0.2) is 20.9 Å². The van der Waals surface area contributed by atoms with E-state index >= 15 is 0 Å². The van der Waals surface area contributed by atoms with Gasteiger partial charge in [0.25, 0.3) is 5.91 Å². The number of hydrogen-bond donors (Lipinski definition) is 2. The van der Waals surface area contributed by atoms with Crippen LogP contribution in [0.3, 0.4) is 0 Å². The molecule has 0 aliphatic carbocycles. The van der Waals surface area contributed by atoms with Crippen molar-refractivity contribution in [2.45, 2.75) is 18.4 Å². The van der Waals surface area contributed by atoms with E-state index in [9.17, 15) is 13.2 Å². The number of rotatable bonds is 8. The number of sulfonamides is 1. The number of nitrogens with one attached hydrogen (secondary N) is 2. The highest BCUT2D eigenvalue weighted by Gasteiger charge is 2.14. The summed E-state index contributed by atoms with van der Waals surface area (Å²) in [6.45, 7) is 1.84. The van der Waals surface area contributed by atoms with E-state index < -0.39 is 10.0 Å². The molecule has 156 valence electrons. The van der Waals surface area contributed by atoms with Crippen LogP contribution in [0.4, 0.5) is 5.69 Å². The van der Waals surface area contributed by atoms with Crippen molar-refractivity contribution in [2.75, 3.05) is 11.9 Å². The first-order valence-electron chi connectivity index (χ1n) is 9.16. The lowest BCUT2D eigenvalue weighted by atomic mass is 10.2. The van der Waals surface area contributed by atoms with E-state index in [0.717, 1.165) is 11.1 Å². The fourth-order valence-electron chi connectivity index (χ4n) is 2.64. The van der Waals surface area contributed by atoms with Crippen molar-refractivity contribution in [1.82, 2.24) is 4.72 Å². The summed E-state index contributed by atoms with van der Waals surface area (Å²) in [6, 6.07) is 20.3.